The van der Waals surface area contributed by atoms with Crippen LogP contribution in [0, 0.1) is 0 Å². The van der Waals surface area contributed by atoms with Crippen LogP contribution in [0.4, 0.5) is 0 Å². The zero-order valence-corrected chi connectivity index (χ0v) is 11.6. The number of hydrogen-bond donors (Lipinski definition) is 0. The first kappa shape index (κ1) is 29.7. The molecule has 0 heterocycles. The van der Waals surface area contributed by atoms with Crippen LogP contribution in [0.15, 0.2) is 0 Å². The molecule has 4 nitrogen and oxygen atoms in total. The first-order valence-corrected chi connectivity index (χ1v) is 2.00. The molecule has 0 atom stereocenters. The second-order valence-electron chi connectivity index (χ2n) is 0.408. The van der Waals surface area contributed by atoms with Crippen LogP contribution in [0.3, 0.4) is 0 Å². The van der Waals surface area contributed by atoms with Crippen molar-refractivity contribution in [2.75, 3.05) is 0 Å². The van der Waals surface area contributed by atoms with Crippen molar-refractivity contribution in [3.63, 3.8) is 0 Å². The summed E-state index contributed by atoms with van der Waals surface area (Å²) in [6, 6.07) is 0. The molecule has 0 bridgehead atoms. The van der Waals surface area contributed by atoms with Gasteiger partial charge in [0.2, 0.25) is 0 Å². The van der Waals surface area contributed by atoms with Crippen molar-refractivity contribution in [3.05, 3.63) is 0 Å². The molecule has 9 heavy (non-hydrogen) atoms. The largest absolute Gasteiger partial charge is 1.00 e. The summed E-state index contributed by atoms with van der Waals surface area (Å²) in [5.41, 5.74) is 0. The summed E-state index contributed by atoms with van der Waals surface area (Å²) in [5, 5.41) is 0. The van der Waals surface area contributed by atoms with E-state index in [1.165, 1.54) is 0 Å². The van der Waals surface area contributed by atoms with Gasteiger partial charge in [-0.3, -0.25) is 8.42 Å². The molecule has 0 aromatic heterocycles. The SMILES string of the molecule is O=S(=O)([O-])[O-].[Co].[Co].[Na+].[Na+]. The van der Waals surface area contributed by atoms with Crippen molar-refractivity contribution in [2.45, 2.75) is 0 Å². The monoisotopic (exact) mass is 260 g/mol. The van der Waals surface area contributed by atoms with Crippen LogP contribution < -0.4 is 59.1 Å². The van der Waals surface area contributed by atoms with Gasteiger partial charge in [0.15, 0.2) is 0 Å². The molecule has 0 N–H and O–H groups in total. The van der Waals surface area contributed by atoms with E-state index in [0.717, 1.165) is 0 Å². The fourth-order valence-corrected chi connectivity index (χ4v) is 0. The summed E-state index contributed by atoms with van der Waals surface area (Å²) in [6.07, 6.45) is 0. The molecule has 0 aliphatic heterocycles. The van der Waals surface area contributed by atoms with Crippen molar-refractivity contribution < 1.29 is 110 Å². The zero-order chi connectivity index (χ0) is 4.50. The van der Waals surface area contributed by atoms with Gasteiger partial charge in [0, 0.05) is 44.0 Å². The van der Waals surface area contributed by atoms with E-state index < -0.39 is 10.4 Å². The van der Waals surface area contributed by atoms with Gasteiger partial charge in [0.05, 0.1) is 0 Å². The molecule has 0 rings (SSSR count). The van der Waals surface area contributed by atoms with Crippen LogP contribution in [0.2, 0.25) is 0 Å². The van der Waals surface area contributed by atoms with Gasteiger partial charge in [0.25, 0.3) is 0 Å². The van der Waals surface area contributed by atoms with Crippen LogP contribution in [-0.2, 0) is 44.0 Å². The van der Waals surface area contributed by atoms with Crippen molar-refractivity contribution in [3.8, 4) is 0 Å². The molecule has 2 radical (unpaired) electrons. The van der Waals surface area contributed by atoms with E-state index in [4.69, 9.17) is 17.5 Å². The Hall–Kier alpha value is 2.88. The Bertz CT molecular complexity index is 99.7. The molecule has 0 saturated carbocycles. The maximum atomic E-state index is 8.52. The Kier molecular flexibility index (Phi) is 44.5. The van der Waals surface area contributed by atoms with Crippen LogP contribution in [0.25, 0.3) is 0 Å². The molecule has 0 spiro atoms. The average molecular weight is 260 g/mol. The second kappa shape index (κ2) is 13.5. The molecule has 0 saturated heterocycles. The normalized spacial score (nSPS) is 6.44. The average Bonchev–Trinajstić information content (AvgIpc) is 0.722. The first-order valence-electron chi connectivity index (χ1n) is 0.667. The molecule has 0 aromatic carbocycles. The third-order valence-corrected chi connectivity index (χ3v) is 0. The third-order valence-electron chi connectivity index (χ3n) is 0. The van der Waals surface area contributed by atoms with Crippen LogP contribution in [0.5, 0.6) is 0 Å². The first-order chi connectivity index (χ1) is 2.00. The maximum Gasteiger partial charge on any atom is 1.00 e. The van der Waals surface area contributed by atoms with E-state index in [1.54, 1.807) is 0 Å². The molecular formula is Co2Na2O4S. The molecule has 0 aliphatic carbocycles. The molecule has 0 aliphatic rings. The van der Waals surface area contributed by atoms with Gasteiger partial charge >= 0.3 is 59.1 Å². The summed E-state index contributed by atoms with van der Waals surface area (Å²) in [7, 11) is -5.17. The quantitative estimate of drug-likeness (QED) is 0.246. The number of hydrogen-bond acceptors (Lipinski definition) is 4. The Morgan fingerprint density at radius 2 is 0.889 bits per heavy atom. The molecule has 0 aromatic rings. The van der Waals surface area contributed by atoms with Crippen molar-refractivity contribution in [1.82, 2.24) is 0 Å². The Balaban J connectivity index is -0.0000000133. The minimum atomic E-state index is -5.17. The fourth-order valence-electron chi connectivity index (χ4n) is 0. The van der Waals surface area contributed by atoms with Gasteiger partial charge in [-0.2, -0.15) is 0 Å². The number of rotatable bonds is 0. The molecule has 0 fully saturated rings. The summed E-state index contributed by atoms with van der Waals surface area (Å²) in [6.45, 7) is 0. The minimum Gasteiger partial charge on any atom is -0.759 e. The standard InChI is InChI=1S/2Co.2Na.H2O4S/c;;;;1-5(2,3)4/h;;;;(H2,1,2,3,4)/q;;2*+1;/p-2. The predicted molar refractivity (Wildman–Crippen MR) is 10.5 cm³/mol. The zero-order valence-electron chi connectivity index (χ0n) is 4.71. The summed E-state index contributed by atoms with van der Waals surface area (Å²) in [5.74, 6) is 0. The Morgan fingerprint density at radius 1 is 0.889 bits per heavy atom. The topological polar surface area (TPSA) is 80.3 Å². The fraction of sp³-hybridized carbons (Fsp3) is 0. The Morgan fingerprint density at radius 3 is 0.889 bits per heavy atom. The van der Waals surface area contributed by atoms with Crippen LogP contribution in [-0.4, -0.2) is 17.5 Å². The molecule has 0 unspecified atom stereocenters. The molecule has 9 heteroatoms. The van der Waals surface area contributed by atoms with Gasteiger partial charge in [-0.25, -0.2) is 0 Å². The maximum absolute atomic E-state index is 8.52. The van der Waals surface area contributed by atoms with Crippen molar-refractivity contribution in [2.24, 2.45) is 0 Å². The van der Waals surface area contributed by atoms with Gasteiger partial charge in [-0.1, -0.05) is 0 Å². The smallest absolute Gasteiger partial charge is 0.759 e. The second-order valence-corrected chi connectivity index (χ2v) is 1.22. The Labute approximate surface area is 118 Å². The van der Waals surface area contributed by atoms with E-state index >= 15 is 0 Å². The van der Waals surface area contributed by atoms with Crippen molar-refractivity contribution >= 4 is 10.4 Å². The van der Waals surface area contributed by atoms with Gasteiger partial charge < -0.3 is 9.11 Å². The summed E-state index contributed by atoms with van der Waals surface area (Å²) < 4.78 is 34.1. The minimum absolute atomic E-state index is 0. The summed E-state index contributed by atoms with van der Waals surface area (Å²) in [4.78, 5) is 0. The van der Waals surface area contributed by atoms with E-state index in [0.29, 0.717) is 0 Å². The van der Waals surface area contributed by atoms with Crippen molar-refractivity contribution in [1.29, 1.82) is 0 Å². The predicted octanol–water partition coefficient (Wildman–Crippen LogP) is -7.33. The molecular weight excluding hydrogens is 260 g/mol. The van der Waals surface area contributed by atoms with E-state index in [9.17, 15) is 0 Å². The third kappa shape index (κ3) is 103. The van der Waals surface area contributed by atoms with Gasteiger partial charge in [-0.15, -0.1) is 0 Å². The van der Waals surface area contributed by atoms with E-state index in [1.807, 2.05) is 0 Å². The molecule has 0 amide bonds. The van der Waals surface area contributed by atoms with Gasteiger partial charge in [0.1, 0.15) is 0 Å². The molecule has 50 valence electrons. The van der Waals surface area contributed by atoms with Crippen LogP contribution >= 0.6 is 0 Å². The van der Waals surface area contributed by atoms with Crippen LogP contribution in [0.1, 0.15) is 0 Å². The van der Waals surface area contributed by atoms with E-state index in [2.05, 4.69) is 0 Å². The summed E-state index contributed by atoms with van der Waals surface area (Å²) >= 11 is 0. The van der Waals surface area contributed by atoms with E-state index in [-0.39, 0.29) is 92.7 Å². The van der Waals surface area contributed by atoms with Gasteiger partial charge in [-0.05, 0) is 0 Å².